The van der Waals surface area contributed by atoms with Gasteiger partial charge in [-0.25, -0.2) is 9.97 Å². The average molecular weight is 713 g/mol. The number of aliphatic hydroxyl groups is 1. The first-order chi connectivity index (χ1) is 24.3. The van der Waals surface area contributed by atoms with Gasteiger partial charge in [0.2, 0.25) is 17.7 Å². The molecule has 2 N–H and O–H groups in total. The van der Waals surface area contributed by atoms with Gasteiger partial charge in [-0.2, -0.15) is 0 Å². The largest absolute Gasteiger partial charge is 0.481 e. The number of carbonyl (C=O) groups excluding carboxylic acids is 1. The van der Waals surface area contributed by atoms with Gasteiger partial charge in [0.05, 0.1) is 41.8 Å². The first kappa shape index (κ1) is 32.2. The Balaban J connectivity index is 1.03. The number of amides is 1. The minimum Gasteiger partial charge on any atom is -0.481 e. The predicted octanol–water partition coefficient (Wildman–Crippen LogP) is 6.27. The van der Waals surface area contributed by atoms with Gasteiger partial charge in [0, 0.05) is 90.0 Å². The monoisotopic (exact) mass is 711 g/mol. The summed E-state index contributed by atoms with van der Waals surface area (Å²) < 4.78 is 11.8. The van der Waals surface area contributed by atoms with E-state index in [0.29, 0.717) is 41.3 Å². The van der Waals surface area contributed by atoms with Crippen LogP contribution in [0, 0.1) is 5.41 Å². The van der Waals surface area contributed by atoms with E-state index in [9.17, 15) is 9.90 Å². The highest BCUT2D eigenvalue weighted by Crippen LogP contribution is 2.50. The Labute approximate surface area is 301 Å². The highest BCUT2D eigenvalue weighted by molar-refractivity contribution is 6.39. The number of likely N-dealkylation sites (tertiary alicyclic amines) is 2. The van der Waals surface area contributed by atoms with E-state index >= 15 is 0 Å². The average Bonchev–Trinajstić information content (AvgIpc) is 3.82. The molecular weight excluding hydrogens is 673 g/mol. The van der Waals surface area contributed by atoms with E-state index in [1.165, 1.54) is 11.1 Å². The Hall–Kier alpha value is -3.73. The summed E-state index contributed by atoms with van der Waals surface area (Å²) in [5, 5.41) is 14.0. The van der Waals surface area contributed by atoms with Crippen molar-refractivity contribution in [1.82, 2.24) is 25.1 Å². The third-order valence-corrected chi connectivity index (χ3v) is 12.3. The fourth-order valence-electron chi connectivity index (χ4n) is 9.11. The van der Waals surface area contributed by atoms with Crippen molar-refractivity contribution in [1.29, 1.82) is 0 Å². The van der Waals surface area contributed by atoms with Crippen molar-refractivity contribution in [3.8, 4) is 45.4 Å². The first-order valence-corrected chi connectivity index (χ1v) is 18.2. The van der Waals surface area contributed by atoms with Crippen molar-refractivity contribution in [3.05, 3.63) is 80.8 Å². The molecule has 3 fully saturated rings. The van der Waals surface area contributed by atoms with Crippen molar-refractivity contribution in [2.45, 2.75) is 50.3 Å². The molecule has 4 aromatic rings. The molecule has 2 atom stereocenters. The number of nitrogens with one attached hydrogen (secondary N) is 1. The molecular formula is C39H39Cl2N5O4. The van der Waals surface area contributed by atoms with E-state index in [1.54, 1.807) is 14.2 Å². The molecule has 2 aromatic carbocycles. The topological polar surface area (TPSA) is 100 Å². The van der Waals surface area contributed by atoms with Gasteiger partial charge >= 0.3 is 0 Å². The SMILES string of the molecule is COc1nc(-c2cccc(-c3cccc(-c4cc5c(c(OC)n4)C(N4CC6(CNC(=O)C6)C4)CC5)c3Cl)c2Cl)cc2c1C(N1CC(O)C1)CC2. The molecule has 0 saturated carbocycles. The van der Waals surface area contributed by atoms with E-state index in [0.717, 1.165) is 90.1 Å². The second-order valence-electron chi connectivity index (χ2n) is 14.6. The zero-order valence-electron chi connectivity index (χ0n) is 28.1. The molecule has 11 heteroatoms. The molecule has 1 amide bonds. The zero-order chi connectivity index (χ0) is 34.3. The van der Waals surface area contributed by atoms with Gasteiger partial charge in [-0.1, -0.05) is 59.6 Å². The van der Waals surface area contributed by atoms with Crippen LogP contribution in [0.2, 0.25) is 10.0 Å². The molecule has 0 bridgehead atoms. The highest BCUT2D eigenvalue weighted by Gasteiger charge is 2.51. The number of benzene rings is 2. The summed E-state index contributed by atoms with van der Waals surface area (Å²) >= 11 is 14.5. The van der Waals surface area contributed by atoms with E-state index in [2.05, 4.69) is 27.2 Å². The number of halogens is 2. The Morgan fingerprint density at radius 2 is 1.30 bits per heavy atom. The number of aryl methyl sites for hydroxylation is 2. The second-order valence-corrected chi connectivity index (χ2v) is 15.3. The highest BCUT2D eigenvalue weighted by atomic mass is 35.5. The number of pyridine rings is 2. The maximum atomic E-state index is 11.9. The van der Waals surface area contributed by atoms with Gasteiger partial charge in [-0.15, -0.1) is 0 Å². The number of hydrogen-bond donors (Lipinski definition) is 2. The van der Waals surface area contributed by atoms with Crippen LogP contribution in [0.4, 0.5) is 0 Å². The molecule has 9 rings (SSSR count). The number of nitrogens with zero attached hydrogens (tertiary/aromatic N) is 4. The predicted molar refractivity (Wildman–Crippen MR) is 193 cm³/mol. The van der Waals surface area contributed by atoms with Crippen LogP contribution < -0.4 is 14.8 Å². The number of ether oxygens (including phenoxy) is 2. The van der Waals surface area contributed by atoms with E-state index < -0.39 is 0 Å². The molecule has 3 saturated heterocycles. The summed E-state index contributed by atoms with van der Waals surface area (Å²) in [4.78, 5) is 26.7. The summed E-state index contributed by atoms with van der Waals surface area (Å²) in [6.07, 6.45) is 4.16. The molecule has 5 aliphatic rings. The number of methoxy groups -OCH3 is 2. The molecule has 3 aliphatic heterocycles. The smallest absolute Gasteiger partial charge is 0.220 e. The summed E-state index contributed by atoms with van der Waals surface area (Å²) in [6.45, 7) is 3.94. The van der Waals surface area contributed by atoms with Crippen molar-refractivity contribution < 1.29 is 19.4 Å². The standard InChI is InChI=1S/C39H39Cl2N5O4/c1-49-37-33-21(9-11-30(33)45-16-23(47)17-45)13-28(43-37)26-7-3-5-24(35(26)40)25-6-4-8-27(36(25)41)29-14-22-10-12-31(34(22)38(44-29)50-2)46-19-39(20-46)15-32(48)42-18-39/h3-8,13-14,23,30-31,47H,9-12,15-20H2,1-2H3,(H,42,48). The van der Waals surface area contributed by atoms with Gasteiger partial charge < -0.3 is 19.9 Å². The molecule has 2 aromatic heterocycles. The van der Waals surface area contributed by atoms with Crippen molar-refractivity contribution in [2.24, 2.45) is 5.41 Å². The van der Waals surface area contributed by atoms with Crippen molar-refractivity contribution >= 4 is 29.1 Å². The third kappa shape index (κ3) is 5.12. The molecule has 258 valence electrons. The maximum absolute atomic E-state index is 11.9. The molecule has 1 spiro atoms. The first-order valence-electron chi connectivity index (χ1n) is 17.4. The molecule has 2 aliphatic carbocycles. The lowest BCUT2D eigenvalue weighted by Crippen LogP contribution is -2.58. The molecule has 0 radical (unpaired) electrons. The molecule has 9 nitrogen and oxygen atoms in total. The van der Waals surface area contributed by atoms with Crippen molar-refractivity contribution in [2.75, 3.05) is 46.9 Å². The van der Waals surface area contributed by atoms with Crippen LogP contribution in [0.15, 0.2) is 48.5 Å². The van der Waals surface area contributed by atoms with Gasteiger partial charge in [0.25, 0.3) is 0 Å². The Kier molecular flexibility index (Phi) is 7.86. The normalized spacial score (nSPS) is 22.6. The van der Waals surface area contributed by atoms with Gasteiger partial charge in [0.15, 0.2) is 0 Å². The van der Waals surface area contributed by atoms with Crippen LogP contribution in [-0.4, -0.2) is 83.8 Å². The van der Waals surface area contributed by atoms with Crippen LogP contribution in [0.3, 0.4) is 0 Å². The second kappa shape index (κ2) is 12.2. The Morgan fingerprint density at radius 3 is 1.76 bits per heavy atom. The lowest BCUT2D eigenvalue weighted by molar-refractivity contribution is -0.121. The van der Waals surface area contributed by atoms with Gasteiger partial charge in [-0.3, -0.25) is 14.6 Å². The van der Waals surface area contributed by atoms with Crippen LogP contribution in [0.5, 0.6) is 11.8 Å². The summed E-state index contributed by atoms with van der Waals surface area (Å²) in [6, 6.07) is 16.7. The molecule has 2 unspecified atom stereocenters. The fourth-order valence-corrected chi connectivity index (χ4v) is 9.76. The number of fused-ring (bicyclic) bond motifs is 2. The minimum atomic E-state index is -0.260. The minimum absolute atomic E-state index is 0.0673. The summed E-state index contributed by atoms with van der Waals surface area (Å²) in [5.41, 5.74) is 9.53. The number of rotatable bonds is 7. The van der Waals surface area contributed by atoms with Crippen molar-refractivity contribution in [3.63, 3.8) is 0 Å². The zero-order valence-corrected chi connectivity index (χ0v) is 29.7. The maximum Gasteiger partial charge on any atom is 0.220 e. The van der Waals surface area contributed by atoms with Crippen LogP contribution >= 0.6 is 23.2 Å². The number of aliphatic hydroxyl groups excluding tert-OH is 1. The number of β-amino-alcohol motifs (C(OH)–C–C–N with tert-alkyl or cyclic N) is 1. The third-order valence-electron chi connectivity index (χ3n) is 11.5. The quantitative estimate of drug-likeness (QED) is 0.231. The van der Waals surface area contributed by atoms with E-state index in [1.807, 2.05) is 36.4 Å². The lowest BCUT2D eigenvalue weighted by atomic mass is 9.77. The van der Waals surface area contributed by atoms with Gasteiger partial charge in [0.1, 0.15) is 0 Å². The fraction of sp³-hybridized carbons (Fsp3) is 0.410. The molecule has 5 heterocycles. The van der Waals surface area contributed by atoms with Crippen LogP contribution in [0.25, 0.3) is 33.6 Å². The number of carbonyl (C=O) groups is 1. The van der Waals surface area contributed by atoms with Crippen LogP contribution in [-0.2, 0) is 17.6 Å². The Morgan fingerprint density at radius 1 is 0.800 bits per heavy atom. The number of hydrogen-bond acceptors (Lipinski definition) is 8. The lowest BCUT2D eigenvalue weighted by Gasteiger charge is -2.50. The van der Waals surface area contributed by atoms with Gasteiger partial charge in [-0.05, 0) is 48.9 Å². The number of aromatic nitrogens is 2. The summed E-state index contributed by atoms with van der Waals surface area (Å²) in [7, 11) is 3.34. The van der Waals surface area contributed by atoms with E-state index in [-0.39, 0.29) is 29.5 Å². The van der Waals surface area contributed by atoms with Crippen LogP contribution in [0.1, 0.15) is 53.6 Å². The Bertz CT molecular complexity index is 2040. The van der Waals surface area contributed by atoms with E-state index in [4.69, 9.17) is 42.6 Å². The molecule has 50 heavy (non-hydrogen) atoms. The summed E-state index contributed by atoms with van der Waals surface area (Å²) in [5.74, 6) is 1.40.